The standard InChI is InChI=1S/C18H23N/c1-5-19-12-16-7-6-8-17(11-16)18-14(3)9-13(2)10-15(18)4/h6-11,19H,5,12H2,1-4H3. The van der Waals surface area contributed by atoms with E-state index in [-0.39, 0.29) is 0 Å². The number of rotatable bonds is 4. The lowest BCUT2D eigenvalue weighted by Gasteiger charge is -2.13. The van der Waals surface area contributed by atoms with E-state index in [1.54, 1.807) is 0 Å². The molecule has 0 aromatic heterocycles. The van der Waals surface area contributed by atoms with Crippen molar-refractivity contribution < 1.29 is 0 Å². The zero-order valence-corrected chi connectivity index (χ0v) is 12.4. The van der Waals surface area contributed by atoms with Crippen molar-refractivity contribution in [3.63, 3.8) is 0 Å². The van der Waals surface area contributed by atoms with Crippen LogP contribution < -0.4 is 5.32 Å². The fourth-order valence-corrected chi connectivity index (χ4v) is 2.74. The lowest BCUT2D eigenvalue weighted by atomic mass is 9.93. The second kappa shape index (κ2) is 6.03. The molecular weight excluding hydrogens is 230 g/mol. The average molecular weight is 253 g/mol. The summed E-state index contributed by atoms with van der Waals surface area (Å²) in [7, 11) is 0. The van der Waals surface area contributed by atoms with Gasteiger partial charge in [-0.15, -0.1) is 0 Å². The smallest absolute Gasteiger partial charge is 0.0205 e. The first-order chi connectivity index (χ1) is 9.11. The Kier molecular flexibility index (Phi) is 4.39. The fourth-order valence-electron chi connectivity index (χ4n) is 2.74. The molecule has 0 radical (unpaired) electrons. The molecule has 0 atom stereocenters. The molecule has 0 bridgehead atoms. The molecule has 0 amide bonds. The Balaban J connectivity index is 2.42. The maximum absolute atomic E-state index is 3.38. The molecule has 0 spiro atoms. The molecule has 2 aromatic carbocycles. The molecule has 0 aliphatic carbocycles. The number of nitrogens with one attached hydrogen (secondary N) is 1. The van der Waals surface area contributed by atoms with Crippen molar-refractivity contribution in [1.29, 1.82) is 0 Å². The summed E-state index contributed by atoms with van der Waals surface area (Å²) >= 11 is 0. The highest BCUT2D eigenvalue weighted by molar-refractivity contribution is 5.71. The molecule has 0 heterocycles. The first-order valence-corrected chi connectivity index (χ1v) is 6.99. The molecule has 0 saturated carbocycles. The van der Waals surface area contributed by atoms with E-state index in [1.165, 1.54) is 33.4 Å². The molecule has 100 valence electrons. The Morgan fingerprint density at radius 2 is 1.63 bits per heavy atom. The van der Waals surface area contributed by atoms with E-state index < -0.39 is 0 Å². The molecule has 0 saturated heterocycles. The first kappa shape index (κ1) is 13.8. The minimum Gasteiger partial charge on any atom is -0.313 e. The van der Waals surface area contributed by atoms with Crippen molar-refractivity contribution in [2.45, 2.75) is 34.2 Å². The maximum atomic E-state index is 3.38. The topological polar surface area (TPSA) is 12.0 Å². The van der Waals surface area contributed by atoms with Crippen LogP contribution in [0.5, 0.6) is 0 Å². The van der Waals surface area contributed by atoms with Gasteiger partial charge in [0.05, 0.1) is 0 Å². The van der Waals surface area contributed by atoms with Gasteiger partial charge < -0.3 is 5.32 Å². The Bertz CT molecular complexity index is 547. The highest BCUT2D eigenvalue weighted by Gasteiger charge is 2.07. The van der Waals surface area contributed by atoms with Gasteiger partial charge in [-0.25, -0.2) is 0 Å². The molecule has 0 aliphatic heterocycles. The van der Waals surface area contributed by atoms with E-state index in [4.69, 9.17) is 0 Å². The van der Waals surface area contributed by atoms with Gasteiger partial charge in [-0.3, -0.25) is 0 Å². The molecular formula is C18H23N. The van der Waals surface area contributed by atoms with E-state index in [0.717, 1.165) is 13.1 Å². The summed E-state index contributed by atoms with van der Waals surface area (Å²) in [6.07, 6.45) is 0. The zero-order chi connectivity index (χ0) is 13.8. The largest absolute Gasteiger partial charge is 0.313 e. The first-order valence-electron chi connectivity index (χ1n) is 6.99. The van der Waals surface area contributed by atoms with Crippen LogP contribution in [-0.2, 0) is 6.54 Å². The van der Waals surface area contributed by atoms with Crippen LogP contribution in [0, 0.1) is 20.8 Å². The van der Waals surface area contributed by atoms with Gasteiger partial charge in [0.2, 0.25) is 0 Å². The van der Waals surface area contributed by atoms with Crippen molar-refractivity contribution in [3.8, 4) is 11.1 Å². The normalized spacial score (nSPS) is 10.7. The molecule has 19 heavy (non-hydrogen) atoms. The SMILES string of the molecule is CCNCc1cccc(-c2c(C)cc(C)cc2C)c1. The fraction of sp³-hybridized carbons (Fsp3) is 0.333. The Morgan fingerprint density at radius 1 is 0.947 bits per heavy atom. The second-order valence-electron chi connectivity index (χ2n) is 5.25. The molecule has 0 fully saturated rings. The predicted molar refractivity (Wildman–Crippen MR) is 83.5 cm³/mol. The van der Waals surface area contributed by atoms with Crippen LogP contribution in [0.1, 0.15) is 29.2 Å². The summed E-state index contributed by atoms with van der Waals surface area (Å²) < 4.78 is 0. The van der Waals surface area contributed by atoms with Gasteiger partial charge in [-0.2, -0.15) is 0 Å². The van der Waals surface area contributed by atoms with Crippen molar-refractivity contribution in [2.75, 3.05) is 6.54 Å². The van der Waals surface area contributed by atoms with Crippen molar-refractivity contribution in [1.82, 2.24) is 5.32 Å². The van der Waals surface area contributed by atoms with Crippen LogP contribution in [-0.4, -0.2) is 6.54 Å². The van der Waals surface area contributed by atoms with Crippen molar-refractivity contribution >= 4 is 0 Å². The van der Waals surface area contributed by atoms with Crippen molar-refractivity contribution in [3.05, 3.63) is 58.7 Å². The summed E-state index contributed by atoms with van der Waals surface area (Å²) in [6, 6.07) is 13.4. The lowest BCUT2D eigenvalue weighted by molar-refractivity contribution is 0.727. The molecule has 2 aromatic rings. The molecule has 1 heteroatoms. The van der Waals surface area contributed by atoms with E-state index >= 15 is 0 Å². The minimum absolute atomic E-state index is 0.939. The number of benzene rings is 2. The Hall–Kier alpha value is -1.60. The highest BCUT2D eigenvalue weighted by Crippen LogP contribution is 2.28. The van der Waals surface area contributed by atoms with Gasteiger partial charge in [-0.1, -0.05) is 42.8 Å². The third-order valence-electron chi connectivity index (χ3n) is 3.47. The highest BCUT2D eigenvalue weighted by atomic mass is 14.8. The van der Waals surface area contributed by atoms with Crippen LogP contribution in [0.25, 0.3) is 11.1 Å². The zero-order valence-electron chi connectivity index (χ0n) is 12.4. The van der Waals surface area contributed by atoms with E-state index in [1.807, 2.05) is 0 Å². The van der Waals surface area contributed by atoms with Gasteiger partial charge in [0.1, 0.15) is 0 Å². The molecule has 0 aliphatic rings. The number of aryl methyl sites for hydroxylation is 3. The predicted octanol–water partition coefficient (Wildman–Crippen LogP) is 4.39. The summed E-state index contributed by atoms with van der Waals surface area (Å²) in [6.45, 7) is 10.6. The van der Waals surface area contributed by atoms with Gasteiger partial charge >= 0.3 is 0 Å². The second-order valence-corrected chi connectivity index (χ2v) is 5.25. The summed E-state index contributed by atoms with van der Waals surface area (Å²) in [5.41, 5.74) is 8.10. The monoisotopic (exact) mass is 253 g/mol. The third kappa shape index (κ3) is 3.24. The summed E-state index contributed by atoms with van der Waals surface area (Å²) in [5.74, 6) is 0. The van der Waals surface area contributed by atoms with E-state index in [0.29, 0.717) is 0 Å². The van der Waals surface area contributed by atoms with Gasteiger partial charge in [0.15, 0.2) is 0 Å². The van der Waals surface area contributed by atoms with Gasteiger partial charge in [0, 0.05) is 6.54 Å². The van der Waals surface area contributed by atoms with Gasteiger partial charge in [0.25, 0.3) is 0 Å². The summed E-state index contributed by atoms with van der Waals surface area (Å²) in [5, 5.41) is 3.38. The Morgan fingerprint density at radius 3 is 2.26 bits per heavy atom. The lowest BCUT2D eigenvalue weighted by Crippen LogP contribution is -2.11. The van der Waals surface area contributed by atoms with Crippen LogP contribution in [0.2, 0.25) is 0 Å². The van der Waals surface area contributed by atoms with Crippen LogP contribution in [0.3, 0.4) is 0 Å². The van der Waals surface area contributed by atoms with Crippen molar-refractivity contribution in [2.24, 2.45) is 0 Å². The van der Waals surface area contributed by atoms with E-state index in [9.17, 15) is 0 Å². The number of hydrogen-bond acceptors (Lipinski definition) is 1. The molecule has 2 rings (SSSR count). The van der Waals surface area contributed by atoms with Crippen LogP contribution in [0.15, 0.2) is 36.4 Å². The quantitative estimate of drug-likeness (QED) is 0.852. The number of hydrogen-bond donors (Lipinski definition) is 1. The molecule has 1 N–H and O–H groups in total. The molecule has 0 unspecified atom stereocenters. The summed E-state index contributed by atoms with van der Waals surface area (Å²) in [4.78, 5) is 0. The molecule has 1 nitrogen and oxygen atoms in total. The Labute approximate surface area is 116 Å². The average Bonchev–Trinajstić information content (AvgIpc) is 2.35. The van der Waals surface area contributed by atoms with Crippen LogP contribution in [0.4, 0.5) is 0 Å². The maximum Gasteiger partial charge on any atom is 0.0205 e. The van der Waals surface area contributed by atoms with E-state index in [2.05, 4.69) is 69.4 Å². The van der Waals surface area contributed by atoms with Crippen LogP contribution >= 0.6 is 0 Å². The third-order valence-corrected chi connectivity index (χ3v) is 3.47. The minimum atomic E-state index is 0.939. The van der Waals surface area contributed by atoms with Gasteiger partial charge in [-0.05, 0) is 61.2 Å².